The van der Waals surface area contributed by atoms with E-state index in [9.17, 15) is 0 Å². The van der Waals surface area contributed by atoms with Gasteiger partial charge in [-0.2, -0.15) is 0 Å². The summed E-state index contributed by atoms with van der Waals surface area (Å²) in [5.41, 5.74) is 10.5. The molecule has 0 N–H and O–H groups in total. The maximum absolute atomic E-state index is 4.05. The second-order valence-electron chi connectivity index (χ2n) is 15.2. The molecule has 8 rings (SSSR count). The van der Waals surface area contributed by atoms with Crippen LogP contribution in [0.3, 0.4) is 0 Å². The normalized spacial score (nSPS) is 12.7. The molecule has 5 heteroatoms. The predicted molar refractivity (Wildman–Crippen MR) is 253 cm³/mol. The Bertz CT molecular complexity index is 2260. The van der Waals surface area contributed by atoms with Crippen molar-refractivity contribution in [3.8, 4) is 11.1 Å². The van der Waals surface area contributed by atoms with Crippen molar-refractivity contribution in [2.75, 3.05) is 9.80 Å². The van der Waals surface area contributed by atoms with Crippen molar-refractivity contribution in [2.45, 2.75) is 90.4 Å². The first-order valence-electron chi connectivity index (χ1n) is 20.9. The fourth-order valence-electron chi connectivity index (χ4n) is 8.78. The first-order chi connectivity index (χ1) is 28.0. The largest absolute Gasteiger partial charge is 0.302 e. The fourth-order valence-corrected chi connectivity index (χ4v) is 11.7. The summed E-state index contributed by atoms with van der Waals surface area (Å²) in [6, 6.07) is 50.5. The Kier molecular flexibility index (Phi) is 12.3. The molecule has 4 aromatic carbocycles. The summed E-state index contributed by atoms with van der Waals surface area (Å²) in [5, 5.41) is 2.53. The van der Waals surface area contributed by atoms with Gasteiger partial charge in [0.25, 0.3) is 0 Å². The highest BCUT2D eigenvalue weighted by Gasteiger charge is 2.43. The van der Waals surface area contributed by atoms with Crippen LogP contribution in [0.4, 0.5) is 32.8 Å². The lowest BCUT2D eigenvalue weighted by molar-refractivity contribution is 0.410. The molecule has 0 saturated carbocycles. The summed E-state index contributed by atoms with van der Waals surface area (Å²) in [7, 11) is 0. The number of rotatable bonds is 18. The summed E-state index contributed by atoms with van der Waals surface area (Å²) < 4.78 is 0. The second kappa shape index (κ2) is 17.9. The summed E-state index contributed by atoms with van der Waals surface area (Å²) in [4.78, 5) is 10.5. The minimum Gasteiger partial charge on any atom is -0.302 e. The van der Waals surface area contributed by atoms with Crippen LogP contribution >= 0.6 is 34.0 Å². The molecule has 3 heterocycles. The van der Waals surface area contributed by atoms with Gasteiger partial charge in [0.05, 0.1) is 0 Å². The van der Waals surface area contributed by atoms with Gasteiger partial charge >= 0.3 is 0 Å². The Morgan fingerprint density at radius 2 is 1.04 bits per heavy atom. The smallest absolute Gasteiger partial charge is 0.100 e. The van der Waals surface area contributed by atoms with E-state index in [4.69, 9.17) is 0 Å². The first kappa shape index (κ1) is 39.2. The average Bonchev–Trinajstić information content (AvgIpc) is 4.08. The molecule has 0 saturated heterocycles. The third kappa shape index (κ3) is 8.08. The third-order valence-electron chi connectivity index (χ3n) is 11.7. The Morgan fingerprint density at radius 1 is 0.509 bits per heavy atom. The van der Waals surface area contributed by atoms with Crippen molar-refractivity contribution in [2.24, 2.45) is 0 Å². The first-order valence-corrected chi connectivity index (χ1v) is 23.4. The topological polar surface area (TPSA) is 6.48 Å². The van der Waals surface area contributed by atoms with E-state index in [-0.39, 0.29) is 5.41 Å². The molecule has 0 amide bonds. The maximum atomic E-state index is 4.05. The molecule has 0 fully saturated rings. The quantitative estimate of drug-likeness (QED) is 0.0798. The van der Waals surface area contributed by atoms with Gasteiger partial charge in [-0.1, -0.05) is 108 Å². The van der Waals surface area contributed by atoms with Crippen molar-refractivity contribution in [3.05, 3.63) is 171 Å². The number of fused-ring (bicyclic) bond motifs is 3. The predicted octanol–water partition coefficient (Wildman–Crippen LogP) is 16.8. The minimum atomic E-state index is -0.123. The van der Waals surface area contributed by atoms with Gasteiger partial charge in [-0.3, -0.25) is 0 Å². The summed E-state index contributed by atoms with van der Waals surface area (Å²) in [6.45, 7) is 10.9. The van der Waals surface area contributed by atoms with Crippen LogP contribution in [-0.4, -0.2) is 0 Å². The number of unbranched alkanes of at least 4 members (excludes halogenated alkanes) is 3. The van der Waals surface area contributed by atoms with Gasteiger partial charge in [-0.15, -0.1) is 34.0 Å². The molecular weight excluding hydrogens is 749 g/mol. The van der Waals surface area contributed by atoms with Crippen molar-refractivity contribution < 1.29 is 0 Å². The molecule has 0 aliphatic heterocycles. The Balaban J connectivity index is 1.30. The van der Waals surface area contributed by atoms with Crippen LogP contribution in [0.1, 0.15) is 96.4 Å². The van der Waals surface area contributed by atoms with Crippen molar-refractivity contribution in [1.29, 1.82) is 0 Å². The molecular formula is C52H54N2S3. The molecule has 1 aliphatic carbocycles. The zero-order valence-corrected chi connectivity index (χ0v) is 36.1. The molecule has 0 atom stereocenters. The van der Waals surface area contributed by atoms with Gasteiger partial charge in [0, 0.05) is 47.7 Å². The number of hydrogen-bond donors (Lipinski definition) is 0. The van der Waals surface area contributed by atoms with E-state index in [1.165, 1.54) is 100 Å². The fraction of sp³-hybridized carbons (Fsp3) is 0.269. The van der Waals surface area contributed by atoms with Gasteiger partial charge in [0.2, 0.25) is 0 Å². The number of para-hydroxylation sites is 2. The lowest BCUT2D eigenvalue weighted by Gasteiger charge is -2.35. The zero-order valence-electron chi connectivity index (χ0n) is 33.7. The molecule has 0 bridgehead atoms. The van der Waals surface area contributed by atoms with Gasteiger partial charge in [-0.05, 0) is 146 Å². The highest BCUT2D eigenvalue weighted by Crippen LogP contribution is 2.57. The monoisotopic (exact) mass is 802 g/mol. The standard InChI is InChI=1S/C52H54N2S3/c1-5-9-10-17-34-52(35-18-23-45-27-26-42(6-2)55-45)48-36-40(53(38-19-13-11-14-20-38)50-32-28-43(7-3)56-50)24-30-46(48)47-31-25-41(37-49(47)52)54(39-21-15-12-16-22-39)51-33-29-44(8-4)57-51/h6,11-16,19-22,24-33,36-37H,2,5,7-10,17-18,23,34-35H2,1,3-4H3. The highest BCUT2D eigenvalue weighted by molar-refractivity contribution is 7.16. The van der Waals surface area contributed by atoms with Gasteiger partial charge in [-0.25, -0.2) is 0 Å². The van der Waals surface area contributed by atoms with Crippen molar-refractivity contribution >= 4 is 72.8 Å². The molecule has 3 aromatic heterocycles. The summed E-state index contributed by atoms with van der Waals surface area (Å²) in [6.07, 6.45) is 13.5. The SMILES string of the molecule is C=Cc1ccc(CCCC2(CCCCCC)c3cc(N(c4ccccc4)c4ccc(CC)s4)ccc3-c3ccc(N(c4ccccc4)c4ccc(CC)s4)cc32)s1. The summed E-state index contributed by atoms with van der Waals surface area (Å²) >= 11 is 5.70. The maximum Gasteiger partial charge on any atom is 0.100 e. The van der Waals surface area contributed by atoms with E-state index in [0.29, 0.717) is 0 Å². The number of aryl methyl sites for hydroxylation is 3. The number of anilines is 6. The Morgan fingerprint density at radius 3 is 1.51 bits per heavy atom. The molecule has 0 unspecified atom stereocenters. The molecule has 7 aromatic rings. The summed E-state index contributed by atoms with van der Waals surface area (Å²) in [5.74, 6) is 0. The van der Waals surface area contributed by atoms with Crippen LogP contribution in [0, 0.1) is 0 Å². The number of thiophene rings is 3. The van der Waals surface area contributed by atoms with E-state index >= 15 is 0 Å². The van der Waals surface area contributed by atoms with Crippen LogP contribution in [0.25, 0.3) is 17.2 Å². The van der Waals surface area contributed by atoms with Crippen LogP contribution in [0.5, 0.6) is 0 Å². The Labute approximate surface area is 352 Å². The van der Waals surface area contributed by atoms with Gasteiger partial charge in [0.15, 0.2) is 0 Å². The second-order valence-corrected chi connectivity index (χ2v) is 18.7. The van der Waals surface area contributed by atoms with E-state index in [2.05, 4.69) is 171 Å². The van der Waals surface area contributed by atoms with E-state index < -0.39 is 0 Å². The zero-order chi connectivity index (χ0) is 39.2. The van der Waals surface area contributed by atoms with E-state index in [1.54, 1.807) is 0 Å². The molecule has 290 valence electrons. The van der Waals surface area contributed by atoms with Crippen LogP contribution < -0.4 is 9.80 Å². The number of benzene rings is 4. The van der Waals surface area contributed by atoms with E-state index in [1.807, 2.05) is 40.1 Å². The third-order valence-corrected chi connectivity index (χ3v) is 15.2. The van der Waals surface area contributed by atoms with Crippen LogP contribution in [-0.2, 0) is 24.7 Å². The molecule has 0 spiro atoms. The van der Waals surface area contributed by atoms with Crippen LogP contribution in [0.15, 0.2) is 140 Å². The molecule has 1 aliphatic rings. The number of hydrogen-bond acceptors (Lipinski definition) is 5. The average molecular weight is 803 g/mol. The van der Waals surface area contributed by atoms with Crippen molar-refractivity contribution in [1.82, 2.24) is 0 Å². The van der Waals surface area contributed by atoms with Crippen molar-refractivity contribution in [3.63, 3.8) is 0 Å². The lowest BCUT2D eigenvalue weighted by atomic mass is 9.70. The Hall–Kier alpha value is -4.68. The highest BCUT2D eigenvalue weighted by atomic mass is 32.1. The molecule has 57 heavy (non-hydrogen) atoms. The minimum absolute atomic E-state index is 0.123. The molecule has 0 radical (unpaired) electrons. The van der Waals surface area contributed by atoms with Crippen LogP contribution in [0.2, 0.25) is 0 Å². The van der Waals surface area contributed by atoms with E-state index in [0.717, 1.165) is 38.5 Å². The van der Waals surface area contributed by atoms with Gasteiger partial charge in [0.1, 0.15) is 10.0 Å². The lowest BCUT2D eigenvalue weighted by Crippen LogP contribution is -2.26. The molecule has 2 nitrogen and oxygen atoms in total. The number of nitrogens with zero attached hydrogens (tertiary/aromatic N) is 2. The van der Waals surface area contributed by atoms with Gasteiger partial charge < -0.3 is 9.80 Å².